The number of aliphatic imine (C=N–C) groups is 1. The molecule has 0 aromatic heterocycles. The van der Waals surface area contributed by atoms with E-state index in [0.29, 0.717) is 0 Å². The molecule has 11 heteroatoms. The number of nitrogens with two attached hydrogens (primary N) is 2. The molecule has 0 spiro atoms. The van der Waals surface area contributed by atoms with Crippen molar-refractivity contribution in [2.24, 2.45) is 21.6 Å². The summed E-state index contributed by atoms with van der Waals surface area (Å²) in [6.45, 7) is -0.698. The van der Waals surface area contributed by atoms with Crippen LogP contribution in [0.1, 0.15) is 6.42 Å². The Kier molecular flexibility index (Phi) is 9.03. The lowest BCUT2D eigenvalue weighted by molar-refractivity contribution is -0.0733. The van der Waals surface area contributed by atoms with E-state index in [0.717, 1.165) is 6.21 Å². The van der Waals surface area contributed by atoms with E-state index in [-0.39, 0.29) is 22.4 Å². The van der Waals surface area contributed by atoms with Crippen LogP contribution in [0.4, 0.5) is 0 Å². The number of rotatable bonds is 7. The quantitative estimate of drug-likeness (QED) is 0.146. The van der Waals surface area contributed by atoms with Gasteiger partial charge in [0.25, 0.3) is 0 Å². The van der Waals surface area contributed by atoms with Crippen molar-refractivity contribution in [3.8, 4) is 0 Å². The Labute approximate surface area is 126 Å². The summed E-state index contributed by atoms with van der Waals surface area (Å²) in [4.78, 5) is 3.61. The summed E-state index contributed by atoms with van der Waals surface area (Å²) in [6.07, 6.45) is -3.51. The Morgan fingerprint density at radius 3 is 2.25 bits per heavy atom. The van der Waals surface area contributed by atoms with E-state index in [1.807, 2.05) is 0 Å². The molecule has 0 aliphatic rings. The molecule has 0 heterocycles. The highest BCUT2D eigenvalue weighted by molar-refractivity contribution is 7.80. The number of aliphatic hydroxyl groups excluding tert-OH is 4. The van der Waals surface area contributed by atoms with Crippen molar-refractivity contribution in [1.29, 1.82) is 0 Å². The number of hydrazone groups is 1. The monoisotopic (exact) mass is 323 g/mol. The van der Waals surface area contributed by atoms with Gasteiger partial charge in [0, 0.05) is 6.42 Å². The second kappa shape index (κ2) is 9.63. The summed E-state index contributed by atoms with van der Waals surface area (Å²) in [7, 11) is 0. The van der Waals surface area contributed by atoms with E-state index < -0.39 is 24.9 Å². The van der Waals surface area contributed by atoms with E-state index >= 15 is 0 Å². The average molecular weight is 323 g/mol. The van der Waals surface area contributed by atoms with Crippen molar-refractivity contribution in [2.45, 2.75) is 24.7 Å². The first-order chi connectivity index (χ1) is 9.27. The molecular formula is C9H17N5O4S2. The lowest BCUT2D eigenvalue weighted by Crippen LogP contribution is -2.41. The van der Waals surface area contributed by atoms with Gasteiger partial charge in [0.1, 0.15) is 12.2 Å². The number of nitrogens with one attached hydrogen (secondary N) is 1. The summed E-state index contributed by atoms with van der Waals surface area (Å²) in [6, 6.07) is 0. The summed E-state index contributed by atoms with van der Waals surface area (Å²) in [5.74, 6) is 0. The lowest BCUT2D eigenvalue weighted by Gasteiger charge is -2.21. The zero-order valence-electron chi connectivity index (χ0n) is 10.4. The van der Waals surface area contributed by atoms with Crippen molar-refractivity contribution in [1.82, 2.24) is 5.43 Å². The second-order valence-corrected chi connectivity index (χ2v) is 4.55. The summed E-state index contributed by atoms with van der Waals surface area (Å²) < 4.78 is 0. The molecule has 0 amide bonds. The first kappa shape index (κ1) is 18.8. The molecule has 0 unspecified atom stereocenters. The maximum absolute atomic E-state index is 9.70. The van der Waals surface area contributed by atoms with Crippen LogP contribution in [-0.4, -0.2) is 67.5 Å². The highest BCUT2D eigenvalue weighted by Crippen LogP contribution is 2.05. The Morgan fingerprint density at radius 1 is 1.20 bits per heavy atom. The van der Waals surface area contributed by atoms with Crippen LogP contribution in [0.15, 0.2) is 10.1 Å². The van der Waals surface area contributed by atoms with Crippen LogP contribution >= 0.6 is 24.4 Å². The van der Waals surface area contributed by atoms with Crippen LogP contribution in [0.3, 0.4) is 0 Å². The fourth-order valence-corrected chi connectivity index (χ4v) is 1.19. The average Bonchev–Trinajstić information content (AvgIpc) is 2.39. The standard InChI is InChI=1S/C9H17N5O4S2/c10-8(19)12-2-4(13-14-9(11)20)1-5(16)7(18)6(17)3-15/h2,5-7,15-18H,1,3H2,(H2,10,19)(H3,11,14,20)/b12-2?,13-4-/t5-,6+,7-/m0/s1. The minimum atomic E-state index is -1.56. The predicted molar refractivity (Wildman–Crippen MR) is 82.4 cm³/mol. The Morgan fingerprint density at radius 2 is 1.80 bits per heavy atom. The van der Waals surface area contributed by atoms with Crippen molar-refractivity contribution in [3.63, 3.8) is 0 Å². The van der Waals surface area contributed by atoms with Crippen LogP contribution in [0, 0.1) is 0 Å². The molecule has 0 aliphatic heterocycles. The van der Waals surface area contributed by atoms with Gasteiger partial charge in [0.15, 0.2) is 10.2 Å². The van der Waals surface area contributed by atoms with E-state index in [2.05, 4.69) is 40.0 Å². The number of nitrogens with zero attached hydrogens (tertiary/aromatic N) is 2. The first-order valence-electron chi connectivity index (χ1n) is 5.38. The Hall–Kier alpha value is -1.24. The summed E-state index contributed by atoms with van der Waals surface area (Å²) in [5.41, 5.74) is 12.8. The molecule has 0 radical (unpaired) electrons. The largest absolute Gasteiger partial charge is 0.394 e. The fraction of sp³-hybridized carbons (Fsp3) is 0.556. The van der Waals surface area contributed by atoms with Gasteiger partial charge in [-0.05, 0) is 24.4 Å². The molecule has 0 aliphatic carbocycles. The van der Waals surface area contributed by atoms with Gasteiger partial charge in [0.2, 0.25) is 0 Å². The van der Waals surface area contributed by atoms with Crippen molar-refractivity contribution >= 4 is 46.6 Å². The first-order valence-corrected chi connectivity index (χ1v) is 6.20. The van der Waals surface area contributed by atoms with Gasteiger partial charge >= 0.3 is 0 Å². The molecule has 3 atom stereocenters. The molecule has 0 rings (SSSR count). The normalized spacial score (nSPS) is 16.7. The smallest absolute Gasteiger partial charge is 0.190 e. The molecule has 9 N–H and O–H groups in total. The number of hydrogen-bond acceptors (Lipinski definition) is 7. The molecule has 0 fully saturated rings. The SMILES string of the molecule is NC(=S)N=C/C(C[C@H](O)[C@H](O)[C@H](O)CO)=N\NC(N)=S. The molecule has 114 valence electrons. The van der Waals surface area contributed by atoms with Gasteiger partial charge in [-0.2, -0.15) is 5.10 Å². The van der Waals surface area contributed by atoms with Crippen LogP contribution < -0.4 is 16.9 Å². The third kappa shape index (κ3) is 8.04. The summed E-state index contributed by atoms with van der Waals surface area (Å²) >= 11 is 9.10. The van der Waals surface area contributed by atoms with Crippen molar-refractivity contribution in [3.05, 3.63) is 0 Å². The molecule has 0 saturated heterocycles. The minimum absolute atomic E-state index is 0.114. The van der Waals surface area contributed by atoms with E-state index in [1.165, 1.54) is 0 Å². The molecule has 0 aromatic rings. The van der Waals surface area contributed by atoms with Gasteiger partial charge < -0.3 is 31.9 Å². The van der Waals surface area contributed by atoms with Crippen LogP contribution in [0.5, 0.6) is 0 Å². The zero-order chi connectivity index (χ0) is 15.7. The fourth-order valence-electron chi connectivity index (χ4n) is 1.09. The predicted octanol–water partition coefficient (Wildman–Crippen LogP) is -3.04. The molecular weight excluding hydrogens is 306 g/mol. The molecule has 9 nitrogen and oxygen atoms in total. The molecule has 0 aromatic carbocycles. The van der Waals surface area contributed by atoms with Gasteiger partial charge in [-0.25, -0.2) is 4.99 Å². The van der Waals surface area contributed by atoms with Gasteiger partial charge in [-0.3, -0.25) is 5.43 Å². The van der Waals surface area contributed by atoms with E-state index in [9.17, 15) is 15.3 Å². The molecule has 0 saturated carbocycles. The van der Waals surface area contributed by atoms with Crippen molar-refractivity contribution in [2.75, 3.05) is 6.61 Å². The minimum Gasteiger partial charge on any atom is -0.394 e. The summed E-state index contributed by atoms with van der Waals surface area (Å²) in [5, 5.41) is 40.6. The topological polar surface area (TPSA) is 170 Å². The Balaban J connectivity index is 4.83. The maximum atomic E-state index is 9.70. The zero-order valence-corrected chi connectivity index (χ0v) is 12.0. The molecule has 20 heavy (non-hydrogen) atoms. The number of aliphatic hydroxyl groups is 4. The van der Waals surface area contributed by atoms with Crippen LogP contribution in [0.25, 0.3) is 0 Å². The third-order valence-corrected chi connectivity index (χ3v) is 2.24. The number of thiocarbonyl (C=S) groups is 2. The lowest BCUT2D eigenvalue weighted by atomic mass is 10.0. The van der Waals surface area contributed by atoms with Crippen LogP contribution in [0.2, 0.25) is 0 Å². The van der Waals surface area contributed by atoms with Gasteiger partial charge in [-0.15, -0.1) is 0 Å². The second-order valence-electron chi connectivity index (χ2n) is 3.69. The van der Waals surface area contributed by atoms with E-state index in [4.69, 9.17) is 16.6 Å². The number of hydrogen-bond donors (Lipinski definition) is 7. The van der Waals surface area contributed by atoms with Crippen LogP contribution in [-0.2, 0) is 0 Å². The Bertz CT molecular complexity index is 404. The highest BCUT2D eigenvalue weighted by atomic mass is 32.1. The van der Waals surface area contributed by atoms with Gasteiger partial charge in [-0.1, -0.05) is 0 Å². The molecule has 0 bridgehead atoms. The van der Waals surface area contributed by atoms with Gasteiger partial charge in [0.05, 0.1) is 24.6 Å². The third-order valence-electron chi connectivity index (χ3n) is 2.04. The van der Waals surface area contributed by atoms with E-state index in [1.54, 1.807) is 0 Å². The van der Waals surface area contributed by atoms with Crippen molar-refractivity contribution < 1.29 is 20.4 Å². The maximum Gasteiger partial charge on any atom is 0.190 e. The highest BCUT2D eigenvalue weighted by Gasteiger charge is 2.25.